The molecule has 0 aliphatic carbocycles. The Morgan fingerprint density at radius 1 is 0.980 bits per heavy atom. The molecule has 49 heavy (non-hydrogen) atoms. The molecule has 1 aliphatic rings. The monoisotopic (exact) mass is 713 g/mol. The zero-order valence-corrected chi connectivity index (χ0v) is 27.8. The van der Waals surface area contributed by atoms with Crippen LogP contribution in [0.5, 0.6) is 0 Å². The van der Waals surface area contributed by atoms with E-state index in [0.29, 0.717) is 32.8 Å². The third-order valence-corrected chi connectivity index (χ3v) is 9.19. The van der Waals surface area contributed by atoms with Gasteiger partial charge in [0, 0.05) is 59.5 Å². The van der Waals surface area contributed by atoms with Crippen LogP contribution in [0.2, 0.25) is 0 Å². The van der Waals surface area contributed by atoms with Crippen LogP contribution in [0.25, 0.3) is 22.8 Å². The molecule has 242 valence electrons. The molecule has 0 fully saturated rings. The minimum atomic E-state index is -0.483. The maximum atomic E-state index is 14.3. The predicted octanol–water partition coefficient (Wildman–Crippen LogP) is 4.89. The van der Waals surface area contributed by atoms with Crippen LogP contribution in [0.15, 0.2) is 113 Å². The number of imidazole rings is 1. The quantitative estimate of drug-likeness (QED) is 0.248. The Labute approximate surface area is 289 Å². The Hall–Kier alpha value is -6.13. The molecule has 0 saturated heterocycles. The summed E-state index contributed by atoms with van der Waals surface area (Å²) < 4.78 is 5.25. The van der Waals surface area contributed by atoms with Crippen molar-refractivity contribution in [2.24, 2.45) is 0 Å². The molecular weight excluding hydrogens is 686 g/mol. The second kappa shape index (κ2) is 13.2. The van der Waals surface area contributed by atoms with Crippen LogP contribution in [-0.4, -0.2) is 51.6 Å². The van der Waals surface area contributed by atoms with E-state index in [-0.39, 0.29) is 43.0 Å². The minimum Gasteiger partial charge on any atom is -0.347 e. The van der Waals surface area contributed by atoms with Gasteiger partial charge in [-0.15, -0.1) is 0 Å². The molecule has 3 aromatic heterocycles. The number of carbonyl (C=O) groups excluding carboxylic acids is 2. The number of nitriles is 1. The van der Waals surface area contributed by atoms with Crippen molar-refractivity contribution in [1.29, 1.82) is 5.26 Å². The lowest BCUT2D eigenvalue weighted by molar-refractivity contribution is 0.0610. The van der Waals surface area contributed by atoms with E-state index in [4.69, 9.17) is 0 Å². The zero-order chi connectivity index (χ0) is 34.1. The standard InChI is InChI=1S/C36H28BrN9O3/c1-23-21-44-31(22-43(23)35(48)24-8-13-30(37)26(18-24)19-38)32(46(36(44)49)28-11-9-27(10-12-28)45-17-5-16-42-45)34(47)41-20-25-6-2-3-7-29(25)33-39-14-4-15-40-33/h2-18,23H,20-22H2,1H3,(H,41,47)/t23-/m0/s1. The maximum absolute atomic E-state index is 14.3. The van der Waals surface area contributed by atoms with Crippen molar-refractivity contribution < 1.29 is 9.59 Å². The molecule has 0 unspecified atom stereocenters. The van der Waals surface area contributed by atoms with Crippen molar-refractivity contribution in [3.63, 3.8) is 0 Å². The number of aromatic nitrogens is 6. The van der Waals surface area contributed by atoms with Crippen molar-refractivity contribution >= 4 is 27.7 Å². The summed E-state index contributed by atoms with van der Waals surface area (Å²) in [7, 11) is 0. The first kappa shape index (κ1) is 31.5. The summed E-state index contributed by atoms with van der Waals surface area (Å²) in [5, 5.41) is 16.8. The predicted molar refractivity (Wildman–Crippen MR) is 184 cm³/mol. The Bertz CT molecular complexity index is 2290. The number of nitrogens with one attached hydrogen (secondary N) is 1. The summed E-state index contributed by atoms with van der Waals surface area (Å²) >= 11 is 3.35. The summed E-state index contributed by atoms with van der Waals surface area (Å²) in [6, 6.07) is 24.8. The van der Waals surface area contributed by atoms with Crippen molar-refractivity contribution in [3.05, 3.63) is 147 Å². The summed E-state index contributed by atoms with van der Waals surface area (Å²) in [5.74, 6) is -0.267. The molecule has 7 rings (SSSR count). The van der Waals surface area contributed by atoms with E-state index in [9.17, 15) is 19.6 Å². The second-order valence-corrected chi connectivity index (χ2v) is 12.3. The molecule has 13 heteroatoms. The lowest BCUT2D eigenvalue weighted by Crippen LogP contribution is -2.47. The molecule has 3 aromatic carbocycles. The van der Waals surface area contributed by atoms with Crippen molar-refractivity contribution in [1.82, 2.24) is 39.1 Å². The summed E-state index contributed by atoms with van der Waals surface area (Å²) in [5.41, 5.74) is 3.65. The van der Waals surface area contributed by atoms with Crippen LogP contribution in [0, 0.1) is 11.3 Å². The van der Waals surface area contributed by atoms with Crippen molar-refractivity contribution in [2.75, 3.05) is 0 Å². The second-order valence-electron chi connectivity index (χ2n) is 11.5. The molecule has 4 heterocycles. The first-order chi connectivity index (χ1) is 23.8. The van der Waals surface area contributed by atoms with E-state index in [1.807, 2.05) is 55.6 Å². The van der Waals surface area contributed by atoms with Gasteiger partial charge >= 0.3 is 5.69 Å². The molecule has 6 aromatic rings. The van der Waals surface area contributed by atoms with Gasteiger partial charge in [-0.1, -0.05) is 24.3 Å². The Morgan fingerprint density at radius 2 is 1.73 bits per heavy atom. The number of nitrogens with zero attached hydrogens (tertiary/aromatic N) is 8. The van der Waals surface area contributed by atoms with E-state index < -0.39 is 5.91 Å². The summed E-state index contributed by atoms with van der Waals surface area (Å²) in [6.07, 6.45) is 6.80. The van der Waals surface area contributed by atoms with Crippen molar-refractivity contribution in [2.45, 2.75) is 32.6 Å². The molecule has 1 N–H and O–H groups in total. The topological polar surface area (TPSA) is 144 Å². The highest BCUT2D eigenvalue weighted by atomic mass is 79.9. The third-order valence-electron chi connectivity index (χ3n) is 8.49. The number of carbonyl (C=O) groups is 2. The summed E-state index contributed by atoms with van der Waals surface area (Å²) in [6.45, 7) is 2.17. The molecule has 1 atom stereocenters. The van der Waals surface area contributed by atoms with Gasteiger partial charge in [-0.3, -0.25) is 18.7 Å². The van der Waals surface area contributed by atoms with Crippen LogP contribution >= 0.6 is 15.9 Å². The fourth-order valence-electron chi connectivity index (χ4n) is 6.04. The fraction of sp³-hybridized carbons (Fsp3) is 0.139. The largest absolute Gasteiger partial charge is 0.347 e. The van der Waals surface area contributed by atoms with E-state index >= 15 is 0 Å². The number of hydrogen-bond acceptors (Lipinski definition) is 7. The van der Waals surface area contributed by atoms with Crippen LogP contribution in [-0.2, 0) is 19.6 Å². The van der Waals surface area contributed by atoms with E-state index in [1.165, 1.54) is 10.6 Å². The molecule has 0 bridgehead atoms. The number of amides is 2. The lowest BCUT2D eigenvalue weighted by atomic mass is 10.1. The highest BCUT2D eigenvalue weighted by Gasteiger charge is 2.35. The van der Waals surface area contributed by atoms with Crippen LogP contribution in [0.1, 0.15) is 44.6 Å². The van der Waals surface area contributed by atoms with Crippen LogP contribution < -0.4 is 11.0 Å². The van der Waals surface area contributed by atoms with Crippen molar-refractivity contribution in [3.8, 4) is 28.8 Å². The van der Waals surface area contributed by atoms with Gasteiger partial charge in [0.05, 0.1) is 29.2 Å². The molecule has 0 radical (unpaired) electrons. The van der Waals surface area contributed by atoms with Gasteiger partial charge < -0.3 is 10.2 Å². The lowest BCUT2D eigenvalue weighted by Gasteiger charge is -2.34. The van der Waals surface area contributed by atoms with Crippen LogP contribution in [0.3, 0.4) is 0 Å². The van der Waals surface area contributed by atoms with E-state index in [0.717, 1.165) is 16.8 Å². The molecular formula is C36H28BrN9O3. The Kier molecular flexibility index (Phi) is 8.46. The maximum Gasteiger partial charge on any atom is 0.333 e. The number of benzene rings is 3. The highest BCUT2D eigenvalue weighted by molar-refractivity contribution is 9.10. The van der Waals surface area contributed by atoms with Gasteiger partial charge in [-0.05, 0) is 83.0 Å². The summed E-state index contributed by atoms with van der Waals surface area (Å²) in [4.78, 5) is 52.7. The molecule has 0 saturated carbocycles. The Balaban J connectivity index is 1.28. The van der Waals surface area contributed by atoms with Crippen LogP contribution in [0.4, 0.5) is 0 Å². The average Bonchev–Trinajstić information content (AvgIpc) is 3.77. The molecule has 2 amide bonds. The van der Waals surface area contributed by atoms with Gasteiger partial charge in [0.1, 0.15) is 11.8 Å². The first-order valence-electron chi connectivity index (χ1n) is 15.4. The normalized spacial score (nSPS) is 13.8. The number of hydrogen-bond donors (Lipinski definition) is 1. The number of fused-ring (bicyclic) bond motifs is 1. The third kappa shape index (κ3) is 5.94. The molecule has 0 spiro atoms. The average molecular weight is 715 g/mol. The van der Waals surface area contributed by atoms with Gasteiger partial charge in [0.15, 0.2) is 5.82 Å². The minimum absolute atomic E-state index is 0.00274. The number of halogens is 1. The van der Waals surface area contributed by atoms with Gasteiger partial charge in [0.25, 0.3) is 11.8 Å². The smallest absolute Gasteiger partial charge is 0.333 e. The van der Waals surface area contributed by atoms with Gasteiger partial charge in [0.2, 0.25) is 0 Å². The zero-order valence-electron chi connectivity index (χ0n) is 26.2. The number of rotatable bonds is 7. The first-order valence-corrected chi connectivity index (χ1v) is 16.2. The highest BCUT2D eigenvalue weighted by Crippen LogP contribution is 2.27. The fourth-order valence-corrected chi connectivity index (χ4v) is 6.37. The SMILES string of the molecule is C[C@H]1Cn2c(c(C(=O)NCc3ccccc3-c3ncccn3)n(-c3ccc(-n4cccn4)cc3)c2=O)CN1C(=O)c1ccc(Br)c(C#N)c1. The Morgan fingerprint density at radius 3 is 2.47 bits per heavy atom. The van der Waals surface area contributed by atoms with Gasteiger partial charge in [-0.25, -0.2) is 19.4 Å². The van der Waals surface area contributed by atoms with E-state index in [2.05, 4.69) is 42.4 Å². The van der Waals surface area contributed by atoms with E-state index in [1.54, 1.807) is 63.1 Å². The molecule has 12 nitrogen and oxygen atoms in total. The molecule has 1 aliphatic heterocycles. The van der Waals surface area contributed by atoms with Gasteiger partial charge in [-0.2, -0.15) is 10.4 Å².